The van der Waals surface area contributed by atoms with E-state index >= 15 is 0 Å². The zero-order valence-corrected chi connectivity index (χ0v) is 14.2. The van der Waals surface area contributed by atoms with Crippen LogP contribution >= 0.6 is 31.9 Å². The second-order valence-electron chi connectivity index (χ2n) is 6.26. The summed E-state index contributed by atoms with van der Waals surface area (Å²) in [6, 6.07) is 0. The molecular formula is C10H16B2Br2N4. The molecule has 0 bridgehead atoms. The normalized spacial score (nSPS) is 19.4. The second kappa shape index (κ2) is 3.54. The third-order valence-corrected chi connectivity index (χ3v) is 4.96. The minimum Gasteiger partial charge on any atom is -0.342 e. The monoisotopic (exact) mass is 372 g/mol. The van der Waals surface area contributed by atoms with E-state index in [1.165, 1.54) is 0 Å². The fourth-order valence-electron chi connectivity index (χ4n) is 3.12. The molecule has 0 saturated carbocycles. The molecular weight excluding hydrogens is 358 g/mol. The highest BCUT2D eigenvalue weighted by Crippen LogP contribution is 2.19. The van der Waals surface area contributed by atoms with E-state index in [1.54, 1.807) is 0 Å². The van der Waals surface area contributed by atoms with Crippen molar-refractivity contribution in [3.05, 3.63) is 33.7 Å². The Balaban J connectivity index is 2.39. The van der Waals surface area contributed by atoms with Gasteiger partial charge in [-0.3, -0.25) is 0 Å². The number of halogens is 2. The van der Waals surface area contributed by atoms with Crippen molar-refractivity contribution in [1.82, 2.24) is 9.19 Å². The first-order valence-electron chi connectivity index (χ1n) is 6.31. The van der Waals surface area contributed by atoms with Crippen molar-refractivity contribution < 1.29 is 9.19 Å². The standard InChI is InChI=1S/C10H16B2Br2N4/c1-11(2)15-5-9(13)7-17(15)12(3,4)18-8-10(14)6-16(11)18/h5-8H,1-4H3. The fraction of sp³-hybridized carbons (Fsp3) is 0.400. The molecule has 0 unspecified atom stereocenters. The molecule has 18 heavy (non-hydrogen) atoms. The Labute approximate surface area is 124 Å². The van der Waals surface area contributed by atoms with Crippen molar-refractivity contribution in [3.63, 3.8) is 0 Å². The van der Waals surface area contributed by atoms with E-state index in [9.17, 15) is 0 Å². The van der Waals surface area contributed by atoms with Crippen molar-refractivity contribution in [2.45, 2.75) is 27.3 Å². The van der Waals surface area contributed by atoms with Crippen LogP contribution in [0.3, 0.4) is 0 Å². The van der Waals surface area contributed by atoms with Gasteiger partial charge in [-0.25, -0.2) is 0 Å². The molecule has 3 rings (SSSR count). The Kier molecular flexibility index (Phi) is 2.46. The lowest BCUT2D eigenvalue weighted by atomic mass is 9.46. The smallest absolute Gasteiger partial charge is 0.342 e. The van der Waals surface area contributed by atoms with Gasteiger partial charge in [-0.15, -0.1) is 0 Å². The molecule has 0 aliphatic carbocycles. The first kappa shape index (κ1) is 12.5. The molecule has 0 amide bonds. The Hall–Kier alpha value is -0.490. The van der Waals surface area contributed by atoms with Crippen LogP contribution in [0.15, 0.2) is 33.7 Å². The van der Waals surface area contributed by atoms with Gasteiger partial charge in [0, 0.05) is 12.4 Å². The number of fused-ring (bicyclic) bond motifs is 2. The second-order valence-corrected chi connectivity index (χ2v) is 8.09. The molecule has 96 valence electrons. The highest BCUT2D eigenvalue weighted by Gasteiger charge is 2.48. The summed E-state index contributed by atoms with van der Waals surface area (Å²) in [5.41, 5.74) is 0. The van der Waals surface area contributed by atoms with Gasteiger partial charge in [-0.2, -0.15) is 0 Å². The first-order chi connectivity index (χ1) is 8.24. The van der Waals surface area contributed by atoms with Gasteiger partial charge in [-0.05, 0) is 31.9 Å². The topological polar surface area (TPSA) is 17.6 Å². The van der Waals surface area contributed by atoms with E-state index in [1.807, 2.05) is 0 Å². The number of hydrogen-bond acceptors (Lipinski definition) is 0. The predicted octanol–water partition coefficient (Wildman–Crippen LogP) is 1.90. The van der Waals surface area contributed by atoms with Crippen LogP contribution in [-0.2, 0) is 0 Å². The van der Waals surface area contributed by atoms with Crippen molar-refractivity contribution in [2.75, 3.05) is 0 Å². The molecule has 2 aromatic heterocycles. The molecule has 3 heterocycles. The number of hydrogen-bond donors (Lipinski definition) is 0. The Bertz CT molecular complexity index is 541. The predicted molar refractivity (Wildman–Crippen MR) is 81.2 cm³/mol. The molecule has 0 atom stereocenters. The Morgan fingerprint density at radius 3 is 1.50 bits per heavy atom. The third-order valence-electron chi connectivity index (χ3n) is 4.15. The van der Waals surface area contributed by atoms with Crippen molar-refractivity contribution in [3.8, 4) is 0 Å². The molecule has 0 fully saturated rings. The first-order valence-corrected chi connectivity index (χ1v) is 7.89. The Morgan fingerprint density at radius 2 is 1.17 bits per heavy atom. The summed E-state index contributed by atoms with van der Waals surface area (Å²) in [7, 11) is 0. The van der Waals surface area contributed by atoms with E-state index in [0.717, 1.165) is 8.95 Å². The van der Waals surface area contributed by atoms with E-state index in [-0.39, 0.29) is 0 Å². The minimum atomic E-state index is -0.873. The summed E-state index contributed by atoms with van der Waals surface area (Å²) < 4.78 is 11.6. The van der Waals surface area contributed by atoms with Crippen LogP contribution in [0.5, 0.6) is 0 Å². The molecule has 0 radical (unpaired) electrons. The molecule has 4 nitrogen and oxygen atoms in total. The zero-order chi connectivity index (χ0) is 13.3. The van der Waals surface area contributed by atoms with Crippen LogP contribution in [0.1, 0.15) is 0 Å². The number of nitrogens with zero attached hydrogens (tertiary/aromatic N) is 4. The fourth-order valence-corrected chi connectivity index (χ4v) is 3.96. The average Bonchev–Trinajstić information content (AvgIpc) is 2.81. The van der Waals surface area contributed by atoms with Gasteiger partial charge in [0.2, 0.25) is 0 Å². The quantitative estimate of drug-likeness (QED) is 0.628. The lowest BCUT2D eigenvalue weighted by molar-refractivity contribution is -0.713. The van der Waals surface area contributed by atoms with E-state index in [2.05, 4.69) is 102 Å². The van der Waals surface area contributed by atoms with Gasteiger partial charge in [-0.1, -0.05) is 27.3 Å². The zero-order valence-electron chi connectivity index (χ0n) is 11.0. The molecule has 1 aliphatic rings. The molecule has 0 N–H and O–H groups in total. The summed E-state index contributed by atoms with van der Waals surface area (Å²) in [5, 5.41) is 0. The summed E-state index contributed by atoms with van der Waals surface area (Å²) in [4.78, 5) is 0. The summed E-state index contributed by atoms with van der Waals surface area (Å²) >= 11 is 7.19. The lowest BCUT2D eigenvalue weighted by Gasteiger charge is -2.41. The SMILES string of the molecule is C[B-]1(C)n2cc(Br)c[n+]2[B-](C)(C)n2cc(Br)c[n+]21. The highest BCUT2D eigenvalue weighted by atomic mass is 79.9. The number of rotatable bonds is 0. The van der Waals surface area contributed by atoms with Crippen molar-refractivity contribution in [1.29, 1.82) is 0 Å². The van der Waals surface area contributed by atoms with E-state index < -0.39 is 12.8 Å². The molecule has 0 spiro atoms. The van der Waals surface area contributed by atoms with E-state index in [0.29, 0.717) is 0 Å². The van der Waals surface area contributed by atoms with Crippen molar-refractivity contribution >= 4 is 44.7 Å². The molecule has 2 aromatic rings. The summed E-state index contributed by atoms with van der Waals surface area (Å²) in [6.07, 6.45) is 6.92. The summed E-state index contributed by atoms with van der Waals surface area (Å²) in [6.45, 7) is 9.10. The maximum absolute atomic E-state index is 3.59. The number of aromatic nitrogens is 4. The largest absolute Gasteiger partial charge is 0.433 e. The van der Waals surface area contributed by atoms with Gasteiger partial charge >= 0.3 is 12.8 Å². The average molecular weight is 374 g/mol. The molecule has 1 aliphatic heterocycles. The van der Waals surface area contributed by atoms with Gasteiger partial charge in [0.05, 0.1) is 8.95 Å². The van der Waals surface area contributed by atoms with Crippen molar-refractivity contribution in [2.24, 2.45) is 0 Å². The highest BCUT2D eigenvalue weighted by molar-refractivity contribution is 9.10. The van der Waals surface area contributed by atoms with Crippen LogP contribution in [0.2, 0.25) is 27.3 Å². The van der Waals surface area contributed by atoms with Crippen LogP contribution in [0.4, 0.5) is 0 Å². The van der Waals surface area contributed by atoms with Gasteiger partial charge in [0.15, 0.2) is 12.4 Å². The lowest BCUT2D eigenvalue weighted by Crippen LogP contribution is -2.89. The van der Waals surface area contributed by atoms with Crippen LogP contribution in [-0.4, -0.2) is 22.0 Å². The maximum atomic E-state index is 3.59. The molecule has 0 saturated heterocycles. The molecule has 0 aromatic carbocycles. The van der Waals surface area contributed by atoms with Crippen LogP contribution in [0.25, 0.3) is 0 Å². The Morgan fingerprint density at radius 1 is 0.833 bits per heavy atom. The van der Waals surface area contributed by atoms with Gasteiger partial charge in [0.1, 0.15) is 0 Å². The van der Waals surface area contributed by atoms with Gasteiger partial charge in [0.25, 0.3) is 0 Å². The van der Waals surface area contributed by atoms with Gasteiger partial charge < -0.3 is 18.4 Å². The maximum Gasteiger partial charge on any atom is 0.433 e. The minimum absolute atomic E-state index is 0.873. The van der Waals surface area contributed by atoms with Crippen LogP contribution in [0, 0.1) is 0 Å². The summed E-state index contributed by atoms with van der Waals surface area (Å²) in [5.74, 6) is 0. The third kappa shape index (κ3) is 1.45. The van der Waals surface area contributed by atoms with Crippen LogP contribution < -0.4 is 9.19 Å². The van der Waals surface area contributed by atoms with E-state index in [4.69, 9.17) is 0 Å². The molecule has 8 heteroatoms.